The molecule has 1 aromatic carbocycles. The largest absolute Gasteiger partial charge is 0.469 e. The number of anilines is 2. The molecule has 0 aliphatic carbocycles. The molecule has 1 saturated heterocycles. The number of benzene rings is 1. The van der Waals surface area contributed by atoms with Crippen LogP contribution in [0.3, 0.4) is 0 Å². The number of hydrogen-bond donors (Lipinski definition) is 3. The van der Waals surface area contributed by atoms with Crippen LogP contribution in [-0.2, 0) is 27.3 Å². The molecule has 4 aromatic rings. The van der Waals surface area contributed by atoms with E-state index < -0.39 is 17.9 Å². The van der Waals surface area contributed by atoms with E-state index in [1.54, 1.807) is 10.8 Å². The lowest BCUT2D eigenvalue weighted by molar-refractivity contribution is -0.139. The van der Waals surface area contributed by atoms with Gasteiger partial charge in [0.25, 0.3) is 0 Å². The zero-order chi connectivity index (χ0) is 33.3. The Bertz CT molecular complexity index is 1710. The molecule has 250 valence electrons. The molecule has 1 aliphatic rings. The third-order valence-corrected chi connectivity index (χ3v) is 8.30. The molecule has 14 nitrogen and oxygen atoms in total. The van der Waals surface area contributed by atoms with Crippen molar-refractivity contribution < 1.29 is 19.1 Å². The van der Waals surface area contributed by atoms with E-state index in [1.807, 2.05) is 49.4 Å². The van der Waals surface area contributed by atoms with Crippen LogP contribution < -0.4 is 26.4 Å². The fraction of sp³-hybridized carbons (Fsp3) is 0.455. The van der Waals surface area contributed by atoms with Gasteiger partial charge in [-0.3, -0.25) is 19.1 Å². The maximum absolute atomic E-state index is 13.7. The number of nitrogen functional groups attached to an aromatic ring is 1. The first-order valence-electron chi connectivity index (χ1n) is 16.1. The number of unbranched alkanes of at least 4 members (excludes halogenated alkanes) is 1. The quantitative estimate of drug-likeness (QED) is 0.136. The van der Waals surface area contributed by atoms with Gasteiger partial charge in [-0.05, 0) is 36.1 Å². The first kappa shape index (κ1) is 33.4. The molecule has 2 unspecified atom stereocenters. The van der Waals surface area contributed by atoms with E-state index in [4.69, 9.17) is 15.2 Å². The summed E-state index contributed by atoms with van der Waals surface area (Å²) in [4.78, 5) is 59.4. The van der Waals surface area contributed by atoms with Gasteiger partial charge in [-0.15, -0.1) is 0 Å². The van der Waals surface area contributed by atoms with E-state index in [-0.39, 0.29) is 30.1 Å². The third kappa shape index (κ3) is 7.88. The second-order valence-corrected chi connectivity index (χ2v) is 11.5. The van der Waals surface area contributed by atoms with Gasteiger partial charge in [-0.1, -0.05) is 57.0 Å². The molecular weight excluding hydrogens is 602 g/mol. The molecule has 14 heteroatoms. The number of pyridine rings is 1. The number of aromatic nitrogens is 5. The Morgan fingerprint density at radius 1 is 1.09 bits per heavy atom. The first-order valence-corrected chi connectivity index (χ1v) is 16.1. The summed E-state index contributed by atoms with van der Waals surface area (Å²) in [5.41, 5.74) is 8.28. The van der Waals surface area contributed by atoms with Crippen molar-refractivity contribution in [3.8, 4) is 6.01 Å². The van der Waals surface area contributed by atoms with Crippen LogP contribution >= 0.6 is 0 Å². The zero-order valence-corrected chi connectivity index (χ0v) is 27.1. The van der Waals surface area contributed by atoms with Crippen molar-refractivity contribution in [2.24, 2.45) is 0 Å². The van der Waals surface area contributed by atoms with Crippen molar-refractivity contribution in [1.82, 2.24) is 34.7 Å². The number of carbonyl (C=O) groups excluding carboxylic acids is 2. The summed E-state index contributed by atoms with van der Waals surface area (Å²) in [6.45, 7) is 6.31. The molecule has 3 aromatic heterocycles. The van der Waals surface area contributed by atoms with Gasteiger partial charge in [0.1, 0.15) is 17.5 Å². The van der Waals surface area contributed by atoms with Crippen molar-refractivity contribution in [2.75, 3.05) is 44.0 Å². The van der Waals surface area contributed by atoms with Gasteiger partial charge in [0.15, 0.2) is 11.5 Å². The van der Waals surface area contributed by atoms with Crippen molar-refractivity contribution in [3.63, 3.8) is 0 Å². The fourth-order valence-corrected chi connectivity index (χ4v) is 5.80. The van der Waals surface area contributed by atoms with Crippen molar-refractivity contribution >= 4 is 34.7 Å². The number of hydrogen-bond acceptors (Lipinski definition) is 11. The predicted molar refractivity (Wildman–Crippen MR) is 178 cm³/mol. The number of amides is 1. The van der Waals surface area contributed by atoms with Crippen LogP contribution in [0, 0.1) is 0 Å². The molecule has 5 rings (SSSR count). The number of ether oxygens (including phenoxy) is 2. The second kappa shape index (κ2) is 15.5. The van der Waals surface area contributed by atoms with E-state index in [1.165, 1.54) is 7.11 Å². The number of aromatic amines is 1. The molecule has 1 amide bonds. The number of nitrogens with one attached hydrogen (secondary N) is 2. The molecule has 4 N–H and O–H groups in total. The number of piperazine rings is 1. The summed E-state index contributed by atoms with van der Waals surface area (Å²) in [5, 5.41) is 3.10. The van der Waals surface area contributed by atoms with Crippen molar-refractivity contribution in [3.05, 3.63) is 70.3 Å². The van der Waals surface area contributed by atoms with Crippen LogP contribution in [-0.4, -0.2) is 80.7 Å². The van der Waals surface area contributed by atoms with Crippen molar-refractivity contribution in [1.29, 1.82) is 0 Å². The van der Waals surface area contributed by atoms with E-state index in [0.29, 0.717) is 56.2 Å². The summed E-state index contributed by atoms with van der Waals surface area (Å²) < 4.78 is 12.1. The maximum Gasteiger partial charge on any atom is 0.329 e. The summed E-state index contributed by atoms with van der Waals surface area (Å²) in [5.74, 6) is 0.421. The zero-order valence-electron chi connectivity index (χ0n) is 27.1. The summed E-state index contributed by atoms with van der Waals surface area (Å²) in [6.07, 6.45) is 4.54. The number of methoxy groups -OCH3 is 1. The van der Waals surface area contributed by atoms with Crippen LogP contribution in [0.2, 0.25) is 0 Å². The first-order chi connectivity index (χ1) is 22.8. The van der Waals surface area contributed by atoms with Gasteiger partial charge in [0.05, 0.1) is 26.2 Å². The molecule has 1 aliphatic heterocycles. The van der Waals surface area contributed by atoms with Crippen LogP contribution in [0.25, 0.3) is 11.2 Å². The highest BCUT2D eigenvalue weighted by Gasteiger charge is 2.37. The van der Waals surface area contributed by atoms with E-state index >= 15 is 0 Å². The molecule has 0 radical (unpaired) electrons. The number of H-pyrrole nitrogens is 1. The van der Waals surface area contributed by atoms with Gasteiger partial charge in [0, 0.05) is 32.4 Å². The van der Waals surface area contributed by atoms with E-state index in [2.05, 4.69) is 42.0 Å². The molecular formula is C33H43N9O5. The Morgan fingerprint density at radius 2 is 1.87 bits per heavy atom. The highest BCUT2D eigenvalue weighted by molar-refractivity contribution is 5.83. The van der Waals surface area contributed by atoms with Crippen LogP contribution in [0.4, 0.5) is 11.6 Å². The number of esters is 1. The van der Waals surface area contributed by atoms with Crippen LogP contribution in [0.15, 0.2) is 53.5 Å². The van der Waals surface area contributed by atoms with Gasteiger partial charge in [-0.25, -0.2) is 9.78 Å². The van der Waals surface area contributed by atoms with Crippen LogP contribution in [0.1, 0.15) is 56.8 Å². The fourth-order valence-electron chi connectivity index (χ4n) is 5.80. The average Bonchev–Trinajstić information content (AvgIpc) is 3.43. The minimum absolute atomic E-state index is 0.0972. The molecule has 4 heterocycles. The monoisotopic (exact) mass is 645 g/mol. The lowest BCUT2D eigenvalue weighted by Crippen LogP contribution is -2.58. The maximum atomic E-state index is 13.7. The molecule has 47 heavy (non-hydrogen) atoms. The smallest absolute Gasteiger partial charge is 0.329 e. The Balaban J connectivity index is 1.41. The Labute approximate surface area is 273 Å². The summed E-state index contributed by atoms with van der Waals surface area (Å²) >= 11 is 0. The van der Waals surface area contributed by atoms with Gasteiger partial charge < -0.3 is 30.4 Å². The number of rotatable bonds is 14. The lowest BCUT2D eigenvalue weighted by atomic mass is 10.1. The highest BCUT2D eigenvalue weighted by Crippen LogP contribution is 2.29. The minimum atomic E-state index is -0.563. The Kier molecular flexibility index (Phi) is 11.0. The molecule has 1 fully saturated rings. The number of nitrogens with two attached hydrogens (primary N) is 1. The van der Waals surface area contributed by atoms with Gasteiger partial charge in [-0.2, -0.15) is 9.97 Å². The summed E-state index contributed by atoms with van der Waals surface area (Å²) in [7, 11) is 1.36. The second-order valence-electron chi connectivity index (χ2n) is 11.5. The topological polar surface area (TPSA) is 174 Å². The summed E-state index contributed by atoms with van der Waals surface area (Å²) in [6, 6.07) is 12.8. The lowest BCUT2D eigenvalue weighted by Gasteiger charge is -2.44. The molecule has 0 spiro atoms. The molecule has 0 saturated carbocycles. The molecule has 2 atom stereocenters. The Hall–Kier alpha value is -4.98. The van der Waals surface area contributed by atoms with Gasteiger partial charge >= 0.3 is 17.7 Å². The van der Waals surface area contributed by atoms with Crippen LogP contribution in [0.5, 0.6) is 6.01 Å². The number of imidazole rings is 1. The van der Waals surface area contributed by atoms with Crippen molar-refractivity contribution in [2.45, 2.75) is 64.7 Å². The Morgan fingerprint density at radius 3 is 2.57 bits per heavy atom. The third-order valence-electron chi connectivity index (χ3n) is 8.30. The normalized spacial score (nSPS) is 15.8. The SMILES string of the molecule is CCCCOc1nc(N)c2[nH]c(=O)n(C3CN(C(CCC)C(=O)NCc4ccc(CC(=O)OC)cc4)CCN3c3ccccn3)c2n1. The highest BCUT2D eigenvalue weighted by atomic mass is 16.5. The van der Waals surface area contributed by atoms with Gasteiger partial charge in [0.2, 0.25) is 5.91 Å². The number of nitrogens with zero attached hydrogens (tertiary/aromatic N) is 6. The molecule has 0 bridgehead atoms. The minimum Gasteiger partial charge on any atom is -0.469 e. The predicted octanol–water partition coefficient (Wildman–Crippen LogP) is 2.80. The standard InChI is InChI=1S/C33H43N9O5/c1-4-6-18-47-32-38-29(34)28-30(39-32)42(33(45)37-28)26-21-40(16-17-41(26)25-10-7-8-15-35-25)24(9-5-2)31(44)36-20-23-13-11-22(12-14-23)19-27(43)46-3/h7-8,10-15,24,26H,4-6,9,16-21H2,1-3H3,(H,36,44)(H,37,45)(H2,34,38,39). The number of fused-ring (bicyclic) bond motifs is 1. The van der Waals surface area contributed by atoms with E-state index in [0.717, 1.165) is 30.4 Å². The van der Waals surface area contributed by atoms with E-state index in [9.17, 15) is 14.4 Å². The number of carbonyl (C=O) groups is 2. The average molecular weight is 646 g/mol.